The van der Waals surface area contributed by atoms with Crippen molar-refractivity contribution in [2.75, 3.05) is 5.32 Å². The predicted molar refractivity (Wildman–Crippen MR) is 94.4 cm³/mol. The van der Waals surface area contributed by atoms with E-state index in [1.54, 1.807) is 13.0 Å². The van der Waals surface area contributed by atoms with Crippen LogP contribution in [0.15, 0.2) is 41.0 Å². The van der Waals surface area contributed by atoms with Crippen molar-refractivity contribution in [3.63, 3.8) is 0 Å². The van der Waals surface area contributed by atoms with E-state index in [0.29, 0.717) is 11.3 Å². The quantitative estimate of drug-likeness (QED) is 0.789. The third-order valence-corrected chi connectivity index (χ3v) is 4.61. The Morgan fingerprint density at radius 2 is 1.96 bits per heavy atom. The highest BCUT2D eigenvalue weighted by molar-refractivity contribution is 6.04. The summed E-state index contributed by atoms with van der Waals surface area (Å²) in [7, 11) is 0. The molecule has 3 heterocycles. The summed E-state index contributed by atoms with van der Waals surface area (Å²) < 4.78 is 7.39. The Bertz CT molecular complexity index is 893. The number of hydrogen-bond acceptors (Lipinski definition) is 4. The number of anilines is 1. The van der Waals surface area contributed by atoms with Crippen LogP contribution in [0.25, 0.3) is 11.4 Å². The van der Waals surface area contributed by atoms with Crippen LogP contribution in [-0.2, 0) is 13.0 Å². The highest BCUT2D eigenvalue weighted by atomic mass is 16.3. The molecular weight excluding hydrogens is 316 g/mol. The fourth-order valence-corrected chi connectivity index (χ4v) is 3.22. The first kappa shape index (κ1) is 15.6. The zero-order valence-corrected chi connectivity index (χ0v) is 14.2. The molecule has 4 rings (SSSR count). The van der Waals surface area contributed by atoms with Crippen LogP contribution in [0.2, 0.25) is 0 Å². The second kappa shape index (κ2) is 6.55. The molecule has 2 aromatic heterocycles. The van der Waals surface area contributed by atoms with Crippen LogP contribution in [0.1, 0.15) is 41.2 Å². The largest absolute Gasteiger partial charge is 0.469 e. The number of nitrogens with zero attached hydrogens (tertiary/aromatic N) is 3. The molecule has 0 fully saturated rings. The highest BCUT2D eigenvalue weighted by Gasteiger charge is 2.16. The molecule has 1 aliphatic heterocycles. The van der Waals surface area contributed by atoms with Crippen LogP contribution in [0.3, 0.4) is 0 Å². The molecule has 0 saturated carbocycles. The van der Waals surface area contributed by atoms with E-state index in [-0.39, 0.29) is 5.91 Å². The number of benzene rings is 1. The molecule has 1 N–H and O–H groups in total. The molecule has 0 radical (unpaired) electrons. The van der Waals surface area contributed by atoms with Gasteiger partial charge in [0.1, 0.15) is 11.6 Å². The van der Waals surface area contributed by atoms with Gasteiger partial charge < -0.3 is 14.3 Å². The Morgan fingerprint density at radius 3 is 2.72 bits per heavy atom. The van der Waals surface area contributed by atoms with Gasteiger partial charge in [0.25, 0.3) is 5.91 Å². The van der Waals surface area contributed by atoms with Crippen molar-refractivity contribution in [1.82, 2.24) is 14.8 Å². The van der Waals surface area contributed by atoms with Crippen LogP contribution < -0.4 is 5.32 Å². The Morgan fingerprint density at radius 1 is 1.12 bits per heavy atom. The molecule has 6 nitrogen and oxygen atoms in total. The van der Waals surface area contributed by atoms with Gasteiger partial charge in [0.15, 0.2) is 5.82 Å². The Kier molecular flexibility index (Phi) is 4.09. The zero-order valence-electron chi connectivity index (χ0n) is 14.2. The van der Waals surface area contributed by atoms with Crippen LogP contribution in [0.5, 0.6) is 0 Å². The molecule has 0 aliphatic carbocycles. The van der Waals surface area contributed by atoms with E-state index >= 15 is 0 Å². The van der Waals surface area contributed by atoms with E-state index in [0.717, 1.165) is 42.3 Å². The van der Waals surface area contributed by atoms with Gasteiger partial charge in [0, 0.05) is 24.2 Å². The fourth-order valence-electron chi connectivity index (χ4n) is 3.22. The van der Waals surface area contributed by atoms with Gasteiger partial charge in [-0.15, -0.1) is 10.2 Å². The molecule has 1 aliphatic rings. The van der Waals surface area contributed by atoms with Gasteiger partial charge in [-0.3, -0.25) is 4.79 Å². The lowest BCUT2D eigenvalue weighted by Gasteiger charge is -2.08. The maximum atomic E-state index is 12.2. The number of nitrogens with one attached hydrogen (secondary N) is 1. The molecule has 0 spiro atoms. The minimum Gasteiger partial charge on any atom is -0.469 e. The van der Waals surface area contributed by atoms with Crippen LogP contribution in [-0.4, -0.2) is 20.7 Å². The second-order valence-corrected chi connectivity index (χ2v) is 6.32. The fraction of sp³-hybridized carbons (Fsp3) is 0.316. The number of aryl methyl sites for hydroxylation is 2. The molecule has 128 valence electrons. The lowest BCUT2D eigenvalue weighted by Crippen LogP contribution is -2.12. The summed E-state index contributed by atoms with van der Waals surface area (Å²) in [5.74, 6) is 2.41. The maximum Gasteiger partial charge on any atom is 0.259 e. The number of fused-ring (bicyclic) bond motifs is 1. The Balaban J connectivity index is 1.54. The molecule has 1 aromatic carbocycles. The smallest absolute Gasteiger partial charge is 0.259 e. The molecule has 0 saturated heterocycles. The van der Waals surface area contributed by atoms with Gasteiger partial charge in [-0.2, -0.15) is 0 Å². The van der Waals surface area contributed by atoms with Crippen molar-refractivity contribution < 1.29 is 9.21 Å². The van der Waals surface area contributed by atoms with Gasteiger partial charge in [-0.1, -0.05) is 6.42 Å². The topological polar surface area (TPSA) is 73.0 Å². The summed E-state index contributed by atoms with van der Waals surface area (Å²) in [5.41, 5.74) is 2.30. The second-order valence-electron chi connectivity index (χ2n) is 6.32. The minimum atomic E-state index is -0.171. The zero-order chi connectivity index (χ0) is 17.2. The summed E-state index contributed by atoms with van der Waals surface area (Å²) in [4.78, 5) is 12.2. The first-order chi connectivity index (χ1) is 12.2. The Hall–Kier alpha value is -2.89. The summed E-state index contributed by atoms with van der Waals surface area (Å²) in [6.07, 6.45) is 6.09. The normalized spacial score (nSPS) is 14.0. The van der Waals surface area contributed by atoms with Gasteiger partial charge in [-0.25, -0.2) is 0 Å². The summed E-state index contributed by atoms with van der Waals surface area (Å²) >= 11 is 0. The summed E-state index contributed by atoms with van der Waals surface area (Å²) in [6, 6.07) is 9.40. The molecule has 0 atom stereocenters. The van der Waals surface area contributed by atoms with E-state index in [1.165, 1.54) is 19.1 Å². The van der Waals surface area contributed by atoms with Gasteiger partial charge in [0.05, 0.1) is 11.8 Å². The average molecular weight is 336 g/mol. The number of aromatic nitrogens is 3. The van der Waals surface area contributed by atoms with E-state index in [1.807, 2.05) is 24.3 Å². The van der Waals surface area contributed by atoms with Crippen molar-refractivity contribution in [2.24, 2.45) is 0 Å². The van der Waals surface area contributed by atoms with Crippen LogP contribution in [0.4, 0.5) is 5.69 Å². The van der Waals surface area contributed by atoms with E-state index in [9.17, 15) is 4.79 Å². The maximum absolute atomic E-state index is 12.2. The predicted octanol–water partition coefficient (Wildman–Crippen LogP) is 3.83. The van der Waals surface area contributed by atoms with Crippen molar-refractivity contribution >= 4 is 11.6 Å². The highest BCUT2D eigenvalue weighted by Crippen LogP contribution is 2.24. The number of rotatable bonds is 3. The number of carbonyl (C=O) groups excluding carboxylic acids is 1. The first-order valence-electron chi connectivity index (χ1n) is 8.60. The number of furan rings is 1. The van der Waals surface area contributed by atoms with E-state index in [2.05, 4.69) is 20.1 Å². The molecule has 6 heteroatoms. The van der Waals surface area contributed by atoms with Crippen molar-refractivity contribution in [1.29, 1.82) is 0 Å². The molecule has 25 heavy (non-hydrogen) atoms. The first-order valence-corrected chi connectivity index (χ1v) is 8.60. The Labute approximate surface area is 145 Å². The van der Waals surface area contributed by atoms with Crippen molar-refractivity contribution in [3.05, 3.63) is 53.7 Å². The third-order valence-electron chi connectivity index (χ3n) is 4.61. The van der Waals surface area contributed by atoms with Gasteiger partial charge in [-0.05, 0) is 50.1 Å². The molecule has 0 bridgehead atoms. The summed E-state index contributed by atoms with van der Waals surface area (Å²) in [5, 5.41) is 11.6. The van der Waals surface area contributed by atoms with Crippen molar-refractivity contribution in [2.45, 2.75) is 39.2 Å². The van der Waals surface area contributed by atoms with Crippen molar-refractivity contribution in [3.8, 4) is 11.4 Å². The van der Waals surface area contributed by atoms with Gasteiger partial charge in [0.2, 0.25) is 0 Å². The molecule has 3 aromatic rings. The van der Waals surface area contributed by atoms with Crippen LogP contribution >= 0.6 is 0 Å². The molecular formula is C19H20N4O2. The number of carbonyl (C=O) groups is 1. The van der Waals surface area contributed by atoms with E-state index < -0.39 is 0 Å². The molecule has 1 amide bonds. The van der Waals surface area contributed by atoms with Crippen LogP contribution in [0, 0.1) is 6.92 Å². The minimum absolute atomic E-state index is 0.171. The summed E-state index contributed by atoms with van der Waals surface area (Å²) in [6.45, 7) is 2.74. The van der Waals surface area contributed by atoms with E-state index in [4.69, 9.17) is 4.42 Å². The number of hydrogen-bond donors (Lipinski definition) is 1. The SMILES string of the molecule is Cc1occc1C(=O)Nc1ccc(-c2nnc3n2CCCCC3)cc1. The number of amides is 1. The third kappa shape index (κ3) is 3.07. The lowest BCUT2D eigenvalue weighted by atomic mass is 10.1. The lowest BCUT2D eigenvalue weighted by molar-refractivity contribution is 0.102. The molecule has 0 unspecified atom stereocenters. The average Bonchev–Trinajstić information content (AvgIpc) is 3.15. The standard InChI is InChI=1S/C19H20N4O2/c1-13-16(10-12-25-13)19(24)20-15-8-6-14(7-9-15)18-22-21-17-5-3-2-4-11-23(17)18/h6-10,12H,2-5,11H2,1H3,(H,20,24). The monoisotopic (exact) mass is 336 g/mol. The van der Waals surface area contributed by atoms with Gasteiger partial charge >= 0.3 is 0 Å².